The Morgan fingerprint density at radius 2 is 1.87 bits per heavy atom. The fraction of sp³-hybridized carbons (Fsp3) is 0.267. The molecule has 0 bridgehead atoms. The number of nitrogens with one attached hydrogen (secondary N) is 1. The number of anilines is 1. The number of halogens is 4. The zero-order chi connectivity index (χ0) is 17.5. The molecule has 0 aliphatic carbocycles. The van der Waals surface area contributed by atoms with Gasteiger partial charge in [-0.2, -0.15) is 17.6 Å². The minimum atomic E-state index is -4.48. The van der Waals surface area contributed by atoms with Gasteiger partial charge >= 0.3 is 6.18 Å². The second-order valence-electron chi connectivity index (χ2n) is 4.10. The van der Waals surface area contributed by atoms with Crippen LogP contribution in [0.15, 0.2) is 30.5 Å². The minimum absolute atomic E-state index is 0.123. The van der Waals surface area contributed by atoms with Crippen LogP contribution in [-0.4, -0.2) is 16.3 Å². The molecule has 0 saturated carbocycles. The van der Waals surface area contributed by atoms with Crippen LogP contribution in [-0.2, 0) is 12.7 Å². The summed E-state index contributed by atoms with van der Waals surface area (Å²) in [5, 5.41) is 2.72. The molecule has 4 nitrogen and oxygen atoms in total. The second kappa shape index (κ2) is 8.21. The molecule has 2 aromatic rings. The molecule has 0 spiro atoms. The Labute approximate surface area is 130 Å². The zero-order valence-electron chi connectivity index (χ0n) is 12.5. The van der Waals surface area contributed by atoms with E-state index in [0.717, 1.165) is 12.3 Å². The summed E-state index contributed by atoms with van der Waals surface area (Å²) < 4.78 is 50.2. The first-order valence-corrected chi connectivity index (χ1v) is 6.78. The number of hydrogen-bond acceptors (Lipinski definition) is 4. The van der Waals surface area contributed by atoms with Gasteiger partial charge in [-0.05, 0) is 23.8 Å². The molecule has 8 heteroatoms. The lowest BCUT2D eigenvalue weighted by Crippen LogP contribution is -2.09. The molecule has 124 valence electrons. The lowest BCUT2D eigenvalue weighted by molar-refractivity contribution is -0.141. The van der Waals surface area contributed by atoms with E-state index in [1.54, 1.807) is 0 Å². The molecule has 0 saturated heterocycles. The molecule has 0 amide bonds. The summed E-state index contributed by atoms with van der Waals surface area (Å²) in [4.78, 5) is 17.2. The van der Waals surface area contributed by atoms with Crippen LogP contribution in [0.2, 0.25) is 0 Å². The highest BCUT2D eigenvalue weighted by molar-refractivity contribution is 5.74. The number of rotatable bonds is 4. The number of pyridine rings is 2. The number of nitrogens with zero attached hydrogens (tertiary/aromatic N) is 2. The molecule has 23 heavy (non-hydrogen) atoms. The number of carbonyl (C=O) groups excluding carboxylic acids is 1. The maximum absolute atomic E-state index is 13.2. The fourth-order valence-corrected chi connectivity index (χ4v) is 1.52. The summed E-state index contributed by atoms with van der Waals surface area (Å²) in [6, 6.07) is 4.77. The summed E-state index contributed by atoms with van der Waals surface area (Å²) >= 11 is 0. The molecule has 2 rings (SSSR count). The van der Waals surface area contributed by atoms with Crippen molar-refractivity contribution >= 4 is 12.1 Å². The molecule has 0 aromatic carbocycles. The minimum Gasteiger partial charge on any atom is -0.366 e. The maximum atomic E-state index is 13.2. The van der Waals surface area contributed by atoms with Crippen molar-refractivity contribution in [3.8, 4) is 0 Å². The third-order valence-corrected chi connectivity index (χ3v) is 2.59. The standard InChI is InChI=1S/C13H9F4N3O.C2H6/c14-12-9(7-21)2-4-11(20-12)19-6-8-1-3-10(18-5-8)13(15,16)17;1-2/h1-5,7H,6H2,(H,19,20);1-2H3. The van der Waals surface area contributed by atoms with Gasteiger partial charge in [0.1, 0.15) is 11.5 Å². The SMILES string of the molecule is CC.O=Cc1ccc(NCc2ccc(C(F)(F)F)nc2)nc1F. The van der Waals surface area contributed by atoms with Gasteiger partial charge in [0.05, 0.1) is 5.56 Å². The fourth-order valence-electron chi connectivity index (χ4n) is 1.52. The molecular formula is C15H15F4N3O. The summed E-state index contributed by atoms with van der Waals surface area (Å²) in [5.41, 5.74) is -0.674. The average Bonchev–Trinajstić information content (AvgIpc) is 2.54. The number of carbonyl (C=O) groups is 1. The van der Waals surface area contributed by atoms with Crippen LogP contribution in [0, 0.1) is 5.95 Å². The molecule has 0 unspecified atom stereocenters. The molecule has 0 atom stereocenters. The van der Waals surface area contributed by atoms with E-state index >= 15 is 0 Å². The van der Waals surface area contributed by atoms with E-state index in [1.807, 2.05) is 13.8 Å². The molecule has 2 heterocycles. The smallest absolute Gasteiger partial charge is 0.366 e. The maximum Gasteiger partial charge on any atom is 0.433 e. The van der Waals surface area contributed by atoms with Crippen LogP contribution in [0.4, 0.5) is 23.4 Å². The predicted molar refractivity (Wildman–Crippen MR) is 77.5 cm³/mol. The number of aromatic nitrogens is 2. The van der Waals surface area contributed by atoms with E-state index in [-0.39, 0.29) is 17.9 Å². The highest BCUT2D eigenvalue weighted by Crippen LogP contribution is 2.27. The van der Waals surface area contributed by atoms with Crippen LogP contribution >= 0.6 is 0 Å². The van der Waals surface area contributed by atoms with Crippen molar-refractivity contribution in [2.75, 3.05) is 5.32 Å². The number of hydrogen-bond donors (Lipinski definition) is 1. The Balaban J connectivity index is 0.00000127. The van der Waals surface area contributed by atoms with Crippen molar-refractivity contribution in [2.45, 2.75) is 26.6 Å². The summed E-state index contributed by atoms with van der Waals surface area (Å²) in [7, 11) is 0. The van der Waals surface area contributed by atoms with Crippen LogP contribution in [0.5, 0.6) is 0 Å². The predicted octanol–water partition coefficient (Wildman–Crippen LogP) is 4.09. The van der Waals surface area contributed by atoms with E-state index in [2.05, 4.69) is 15.3 Å². The van der Waals surface area contributed by atoms with Crippen LogP contribution < -0.4 is 5.32 Å². The van der Waals surface area contributed by atoms with E-state index in [9.17, 15) is 22.4 Å². The van der Waals surface area contributed by atoms with Crippen molar-refractivity contribution in [1.82, 2.24) is 9.97 Å². The highest BCUT2D eigenvalue weighted by atomic mass is 19.4. The van der Waals surface area contributed by atoms with Gasteiger partial charge in [-0.3, -0.25) is 9.78 Å². The Kier molecular flexibility index (Phi) is 6.62. The van der Waals surface area contributed by atoms with Gasteiger partial charge in [0.2, 0.25) is 5.95 Å². The van der Waals surface area contributed by atoms with Gasteiger partial charge in [0.15, 0.2) is 6.29 Å². The Hall–Kier alpha value is -2.51. The molecule has 0 radical (unpaired) electrons. The van der Waals surface area contributed by atoms with E-state index in [0.29, 0.717) is 11.8 Å². The zero-order valence-corrected chi connectivity index (χ0v) is 12.5. The second-order valence-corrected chi connectivity index (χ2v) is 4.10. The summed E-state index contributed by atoms with van der Waals surface area (Å²) in [5.74, 6) is -0.751. The first-order chi connectivity index (χ1) is 10.9. The number of alkyl halides is 3. The third-order valence-electron chi connectivity index (χ3n) is 2.59. The summed E-state index contributed by atoms with van der Waals surface area (Å²) in [6.45, 7) is 4.12. The van der Waals surface area contributed by atoms with Gasteiger partial charge in [0, 0.05) is 12.7 Å². The summed E-state index contributed by atoms with van der Waals surface area (Å²) in [6.07, 6.45) is -3.07. The van der Waals surface area contributed by atoms with E-state index in [1.165, 1.54) is 18.2 Å². The molecule has 1 N–H and O–H groups in total. The normalized spacial score (nSPS) is 10.5. The lowest BCUT2D eigenvalue weighted by Gasteiger charge is -2.08. The first-order valence-electron chi connectivity index (χ1n) is 6.78. The molecular weight excluding hydrogens is 314 g/mol. The Bertz CT molecular complexity index is 642. The van der Waals surface area contributed by atoms with Crippen molar-refractivity contribution in [3.63, 3.8) is 0 Å². The van der Waals surface area contributed by atoms with Crippen LogP contribution in [0.25, 0.3) is 0 Å². The van der Waals surface area contributed by atoms with E-state index in [4.69, 9.17) is 0 Å². The van der Waals surface area contributed by atoms with Gasteiger partial charge in [-0.25, -0.2) is 4.98 Å². The molecule has 0 fully saturated rings. The highest BCUT2D eigenvalue weighted by Gasteiger charge is 2.31. The average molecular weight is 329 g/mol. The van der Waals surface area contributed by atoms with Crippen molar-refractivity contribution < 1.29 is 22.4 Å². The lowest BCUT2D eigenvalue weighted by atomic mass is 10.2. The van der Waals surface area contributed by atoms with Gasteiger partial charge in [-0.15, -0.1) is 0 Å². The third kappa shape index (κ3) is 5.32. The van der Waals surface area contributed by atoms with Crippen LogP contribution in [0.1, 0.15) is 35.5 Å². The molecule has 0 aliphatic heterocycles. The first kappa shape index (κ1) is 18.5. The Morgan fingerprint density at radius 1 is 1.17 bits per heavy atom. The van der Waals surface area contributed by atoms with Crippen molar-refractivity contribution in [1.29, 1.82) is 0 Å². The molecule has 2 aromatic heterocycles. The molecule has 0 aliphatic rings. The largest absolute Gasteiger partial charge is 0.433 e. The van der Waals surface area contributed by atoms with Crippen molar-refractivity contribution in [2.24, 2.45) is 0 Å². The monoisotopic (exact) mass is 329 g/mol. The topological polar surface area (TPSA) is 54.9 Å². The number of aldehydes is 1. The van der Waals surface area contributed by atoms with E-state index < -0.39 is 17.8 Å². The van der Waals surface area contributed by atoms with Gasteiger partial charge < -0.3 is 5.32 Å². The Morgan fingerprint density at radius 3 is 2.35 bits per heavy atom. The quantitative estimate of drug-likeness (QED) is 0.521. The van der Waals surface area contributed by atoms with Crippen molar-refractivity contribution in [3.05, 3.63) is 53.2 Å². The van der Waals surface area contributed by atoms with Gasteiger partial charge in [-0.1, -0.05) is 19.9 Å². The van der Waals surface area contributed by atoms with Gasteiger partial charge in [0.25, 0.3) is 0 Å². The van der Waals surface area contributed by atoms with Crippen LogP contribution in [0.3, 0.4) is 0 Å².